The second kappa shape index (κ2) is 10.4. The van der Waals surface area contributed by atoms with Crippen LogP contribution < -0.4 is 9.73 Å². The van der Waals surface area contributed by atoms with Crippen molar-refractivity contribution in [1.82, 2.24) is 5.43 Å². The van der Waals surface area contributed by atoms with Gasteiger partial charge in [0, 0.05) is 17.2 Å². The quantitative estimate of drug-likeness (QED) is 0.281. The number of benzene rings is 3. The summed E-state index contributed by atoms with van der Waals surface area (Å²) in [5, 5.41) is 15.2. The summed E-state index contributed by atoms with van der Waals surface area (Å²) in [5.41, 5.74) is 4.00. The van der Waals surface area contributed by atoms with Crippen molar-refractivity contribution in [3.05, 3.63) is 99.1 Å². The van der Waals surface area contributed by atoms with E-state index in [1.165, 1.54) is 36.4 Å². The number of carbonyl (C=O) groups is 1. The summed E-state index contributed by atoms with van der Waals surface area (Å²) in [6.07, 6.45) is 0. The molecule has 0 atom stereocenters. The Balaban J connectivity index is 1.87. The monoisotopic (exact) mass is 500 g/mol. The van der Waals surface area contributed by atoms with Gasteiger partial charge in [-0.3, -0.25) is 19.2 Å². The molecule has 0 unspecified atom stereocenters. The van der Waals surface area contributed by atoms with E-state index in [4.69, 9.17) is 11.6 Å². The summed E-state index contributed by atoms with van der Waals surface area (Å²) >= 11 is 6.21. The molecule has 0 aliphatic heterocycles. The zero-order valence-corrected chi connectivity index (χ0v) is 19.9. The fraction of sp³-hybridized carbons (Fsp3) is 0.130. The first-order valence-corrected chi connectivity index (χ1v) is 11.8. The number of non-ortho nitro benzene ring substituents is 1. The summed E-state index contributed by atoms with van der Waals surface area (Å²) in [6.45, 7) is 2.73. The second-order valence-electron chi connectivity index (χ2n) is 7.24. The molecule has 0 saturated carbocycles. The van der Waals surface area contributed by atoms with Gasteiger partial charge < -0.3 is 0 Å². The lowest BCUT2D eigenvalue weighted by atomic mass is 10.1. The molecule has 3 aromatic rings. The molecule has 0 saturated heterocycles. The number of sulfonamides is 1. The van der Waals surface area contributed by atoms with Gasteiger partial charge in [-0.15, -0.1) is 0 Å². The van der Waals surface area contributed by atoms with Crippen LogP contribution in [0.2, 0.25) is 5.02 Å². The van der Waals surface area contributed by atoms with Crippen molar-refractivity contribution in [3.63, 3.8) is 0 Å². The third-order valence-corrected chi connectivity index (χ3v) is 7.15. The molecule has 3 aromatic carbocycles. The van der Waals surface area contributed by atoms with Crippen LogP contribution >= 0.6 is 11.6 Å². The number of hydrogen-bond acceptors (Lipinski definition) is 6. The molecule has 34 heavy (non-hydrogen) atoms. The lowest BCUT2D eigenvalue weighted by Gasteiger charge is -2.25. The van der Waals surface area contributed by atoms with E-state index < -0.39 is 27.4 Å². The summed E-state index contributed by atoms with van der Waals surface area (Å²) < 4.78 is 27.8. The Labute approximate surface area is 201 Å². The van der Waals surface area contributed by atoms with E-state index in [0.717, 1.165) is 4.31 Å². The lowest BCUT2D eigenvalue weighted by Crippen LogP contribution is -2.40. The minimum atomic E-state index is -4.09. The number of nitrogens with zero attached hydrogens (tertiary/aromatic N) is 3. The Kier molecular flexibility index (Phi) is 7.64. The number of hydrazone groups is 1. The van der Waals surface area contributed by atoms with Crippen molar-refractivity contribution in [2.24, 2.45) is 5.10 Å². The Hall–Kier alpha value is -3.76. The number of nitrogens with one attached hydrogen (secondary N) is 1. The maximum Gasteiger partial charge on any atom is 0.269 e. The van der Waals surface area contributed by atoms with Crippen LogP contribution in [0.25, 0.3) is 0 Å². The molecule has 0 aliphatic carbocycles. The van der Waals surface area contributed by atoms with Gasteiger partial charge in [0.2, 0.25) is 0 Å². The van der Waals surface area contributed by atoms with Crippen molar-refractivity contribution >= 4 is 44.6 Å². The Bertz CT molecular complexity index is 1340. The summed E-state index contributed by atoms with van der Waals surface area (Å²) in [6, 6.07) is 18.2. The third-order valence-electron chi connectivity index (χ3n) is 4.97. The molecule has 0 aromatic heterocycles. The Morgan fingerprint density at radius 2 is 1.71 bits per heavy atom. The fourth-order valence-corrected chi connectivity index (χ4v) is 4.76. The molecule has 9 nitrogen and oxygen atoms in total. The van der Waals surface area contributed by atoms with Crippen LogP contribution in [0.5, 0.6) is 0 Å². The maximum atomic E-state index is 13.4. The van der Waals surface area contributed by atoms with Crippen molar-refractivity contribution < 1.29 is 18.1 Å². The Morgan fingerprint density at radius 3 is 2.32 bits per heavy atom. The normalized spacial score (nSPS) is 11.7. The largest absolute Gasteiger partial charge is 0.271 e. The number of rotatable bonds is 8. The highest BCUT2D eigenvalue weighted by Crippen LogP contribution is 2.30. The molecule has 3 rings (SSSR count). The molecule has 0 aliphatic rings. The highest BCUT2D eigenvalue weighted by atomic mass is 35.5. The molecule has 0 radical (unpaired) electrons. The van der Waals surface area contributed by atoms with Gasteiger partial charge in [0.1, 0.15) is 6.54 Å². The molecule has 0 fully saturated rings. The highest BCUT2D eigenvalue weighted by Gasteiger charge is 2.28. The number of nitro groups is 1. The van der Waals surface area contributed by atoms with Crippen LogP contribution in [-0.4, -0.2) is 31.5 Å². The van der Waals surface area contributed by atoms with Gasteiger partial charge >= 0.3 is 0 Å². The number of halogens is 1. The van der Waals surface area contributed by atoms with Gasteiger partial charge in [-0.25, -0.2) is 13.8 Å². The van der Waals surface area contributed by atoms with Crippen LogP contribution in [0, 0.1) is 17.0 Å². The van der Waals surface area contributed by atoms with Crippen LogP contribution in [0.15, 0.2) is 82.8 Å². The summed E-state index contributed by atoms with van der Waals surface area (Å²) in [4.78, 5) is 23.0. The predicted molar refractivity (Wildman–Crippen MR) is 131 cm³/mol. The van der Waals surface area contributed by atoms with Crippen LogP contribution in [0.1, 0.15) is 18.1 Å². The molecule has 11 heteroatoms. The first-order valence-electron chi connectivity index (χ1n) is 10.0. The van der Waals surface area contributed by atoms with E-state index in [2.05, 4.69) is 10.5 Å². The summed E-state index contributed by atoms with van der Waals surface area (Å²) in [7, 11) is -4.09. The number of nitro benzene ring substituents is 1. The molecule has 0 spiro atoms. The topological polar surface area (TPSA) is 122 Å². The van der Waals surface area contributed by atoms with Gasteiger partial charge in [-0.05, 0) is 61.4 Å². The van der Waals surface area contributed by atoms with E-state index in [-0.39, 0.29) is 16.3 Å². The molecule has 1 amide bonds. The summed E-state index contributed by atoms with van der Waals surface area (Å²) in [5.74, 6) is -0.680. The van der Waals surface area contributed by atoms with Crippen LogP contribution in [-0.2, 0) is 14.8 Å². The average molecular weight is 501 g/mol. The molecule has 1 N–H and O–H groups in total. The van der Waals surface area contributed by atoms with Gasteiger partial charge in [0.05, 0.1) is 21.2 Å². The molecule has 176 valence electrons. The zero-order valence-electron chi connectivity index (χ0n) is 18.3. The van der Waals surface area contributed by atoms with Crippen molar-refractivity contribution in [3.8, 4) is 0 Å². The van der Waals surface area contributed by atoms with Crippen LogP contribution in [0.3, 0.4) is 0 Å². The highest BCUT2D eigenvalue weighted by molar-refractivity contribution is 7.92. The smallest absolute Gasteiger partial charge is 0.269 e. The van der Waals surface area contributed by atoms with E-state index in [0.29, 0.717) is 21.9 Å². The minimum Gasteiger partial charge on any atom is -0.271 e. The van der Waals surface area contributed by atoms with E-state index in [1.807, 2.05) is 0 Å². The third kappa shape index (κ3) is 5.59. The zero-order chi connectivity index (χ0) is 24.9. The lowest BCUT2D eigenvalue weighted by molar-refractivity contribution is -0.384. The molecular weight excluding hydrogens is 480 g/mol. The van der Waals surface area contributed by atoms with Crippen molar-refractivity contribution in [2.75, 3.05) is 10.8 Å². The standard InChI is InChI=1S/C23H21ClN4O5S/c1-16-21(24)9-6-10-22(16)27(34(32,33)20-7-4-3-5-8-20)15-23(29)26-25-17(2)18-11-13-19(14-12-18)28(30)31/h3-14H,15H2,1-2H3,(H,26,29)/b25-17-. The van der Waals surface area contributed by atoms with Gasteiger partial charge in [-0.1, -0.05) is 35.9 Å². The van der Waals surface area contributed by atoms with Crippen LogP contribution in [0.4, 0.5) is 11.4 Å². The molecule has 0 bridgehead atoms. The first kappa shape index (κ1) is 24.9. The molecular formula is C23H21ClN4O5S. The average Bonchev–Trinajstić information content (AvgIpc) is 2.83. The first-order chi connectivity index (χ1) is 16.1. The second-order valence-corrected chi connectivity index (χ2v) is 9.51. The molecule has 0 heterocycles. The number of hydrogen-bond donors (Lipinski definition) is 1. The van der Waals surface area contributed by atoms with E-state index in [9.17, 15) is 23.3 Å². The van der Waals surface area contributed by atoms with E-state index in [1.54, 1.807) is 50.2 Å². The fourth-order valence-electron chi connectivity index (χ4n) is 3.09. The maximum absolute atomic E-state index is 13.4. The number of anilines is 1. The Morgan fingerprint density at radius 1 is 1.06 bits per heavy atom. The minimum absolute atomic E-state index is 0.0211. The SMILES string of the molecule is C/C(=N/NC(=O)CN(c1cccc(Cl)c1C)S(=O)(=O)c1ccccc1)c1ccc([N+](=O)[O-])cc1. The number of carbonyl (C=O) groups excluding carboxylic acids is 1. The number of amides is 1. The predicted octanol–water partition coefficient (Wildman–Crippen LogP) is 4.29. The van der Waals surface area contributed by atoms with Gasteiger partial charge in [0.25, 0.3) is 21.6 Å². The van der Waals surface area contributed by atoms with Crippen molar-refractivity contribution in [1.29, 1.82) is 0 Å². The van der Waals surface area contributed by atoms with E-state index >= 15 is 0 Å². The van der Waals surface area contributed by atoms with Crippen molar-refractivity contribution in [2.45, 2.75) is 18.7 Å². The van der Waals surface area contributed by atoms with Gasteiger partial charge in [-0.2, -0.15) is 5.10 Å². The van der Waals surface area contributed by atoms with Gasteiger partial charge in [0.15, 0.2) is 0 Å².